The van der Waals surface area contributed by atoms with E-state index in [0.717, 1.165) is 35.5 Å². The lowest BCUT2D eigenvalue weighted by Gasteiger charge is -2.21. The fourth-order valence-electron chi connectivity index (χ4n) is 2.68. The van der Waals surface area contributed by atoms with Gasteiger partial charge in [0.2, 0.25) is 0 Å². The van der Waals surface area contributed by atoms with Crippen LogP contribution in [0.4, 0.5) is 0 Å². The molecule has 0 spiro atoms. The first kappa shape index (κ1) is 12.2. The van der Waals surface area contributed by atoms with Crippen LogP contribution in [-0.2, 0) is 4.74 Å². The summed E-state index contributed by atoms with van der Waals surface area (Å²) in [6.07, 6.45) is 2.44. The Labute approximate surface area is 116 Å². The molecule has 5 heteroatoms. The van der Waals surface area contributed by atoms with Crippen LogP contribution in [0.3, 0.4) is 0 Å². The molecular formula is C13H15ClN2OS. The maximum absolute atomic E-state index is 6.30. The second-order valence-corrected chi connectivity index (χ2v) is 5.52. The van der Waals surface area contributed by atoms with Crippen LogP contribution in [0.25, 0.3) is 11.0 Å². The number of imidazole rings is 1. The Kier molecular flexibility index (Phi) is 3.18. The lowest BCUT2D eigenvalue weighted by molar-refractivity contribution is 0.0741. The summed E-state index contributed by atoms with van der Waals surface area (Å²) in [6, 6.07) is 6.02. The van der Waals surface area contributed by atoms with Crippen LogP contribution in [0.1, 0.15) is 25.8 Å². The predicted molar refractivity (Wildman–Crippen MR) is 75.8 cm³/mol. The molecule has 3 rings (SSSR count). The molecule has 2 aromatic rings. The van der Waals surface area contributed by atoms with Crippen LogP contribution in [0.2, 0.25) is 5.02 Å². The van der Waals surface area contributed by atoms with E-state index in [1.807, 2.05) is 18.2 Å². The highest BCUT2D eigenvalue weighted by molar-refractivity contribution is 7.71. The molecule has 96 valence electrons. The first-order chi connectivity index (χ1) is 8.68. The van der Waals surface area contributed by atoms with Crippen LogP contribution < -0.4 is 0 Å². The molecule has 1 saturated heterocycles. The van der Waals surface area contributed by atoms with Crippen molar-refractivity contribution in [1.29, 1.82) is 0 Å². The number of fused-ring (bicyclic) bond motifs is 1. The number of benzene rings is 1. The summed E-state index contributed by atoms with van der Waals surface area (Å²) in [6.45, 7) is 2.99. The van der Waals surface area contributed by atoms with Crippen molar-refractivity contribution in [2.24, 2.45) is 0 Å². The highest BCUT2D eigenvalue weighted by Gasteiger charge is 2.25. The van der Waals surface area contributed by atoms with Crippen molar-refractivity contribution in [3.8, 4) is 0 Å². The van der Waals surface area contributed by atoms with Gasteiger partial charge in [-0.25, -0.2) is 0 Å². The topological polar surface area (TPSA) is 29.9 Å². The predicted octanol–water partition coefficient (Wildman–Crippen LogP) is 4.09. The van der Waals surface area contributed by atoms with Gasteiger partial charge in [0, 0.05) is 6.61 Å². The number of aromatic amines is 1. The minimum Gasteiger partial charge on any atom is -0.376 e. The largest absolute Gasteiger partial charge is 0.376 e. The van der Waals surface area contributed by atoms with Gasteiger partial charge in [0.1, 0.15) is 0 Å². The molecule has 2 atom stereocenters. The lowest BCUT2D eigenvalue weighted by atomic mass is 10.1. The molecule has 0 bridgehead atoms. The van der Waals surface area contributed by atoms with Gasteiger partial charge in [0.25, 0.3) is 0 Å². The minimum atomic E-state index is 0.202. The van der Waals surface area contributed by atoms with E-state index in [1.165, 1.54) is 0 Å². The van der Waals surface area contributed by atoms with Crippen LogP contribution in [0.5, 0.6) is 0 Å². The van der Waals surface area contributed by atoms with Crippen molar-refractivity contribution in [2.75, 3.05) is 6.61 Å². The first-order valence-corrected chi connectivity index (χ1v) is 6.97. The maximum Gasteiger partial charge on any atom is 0.178 e. The molecule has 1 aliphatic heterocycles. The van der Waals surface area contributed by atoms with Gasteiger partial charge < -0.3 is 14.3 Å². The van der Waals surface area contributed by atoms with Gasteiger partial charge >= 0.3 is 0 Å². The van der Waals surface area contributed by atoms with Crippen molar-refractivity contribution < 1.29 is 4.74 Å². The number of halogens is 1. The second-order valence-electron chi connectivity index (χ2n) is 4.73. The summed E-state index contributed by atoms with van der Waals surface area (Å²) >= 11 is 11.7. The average molecular weight is 283 g/mol. The van der Waals surface area contributed by atoms with Gasteiger partial charge in [-0.3, -0.25) is 0 Å². The quantitative estimate of drug-likeness (QED) is 0.841. The molecule has 0 amide bonds. The monoisotopic (exact) mass is 282 g/mol. The number of hydrogen-bond donors (Lipinski definition) is 1. The normalized spacial score (nSPS) is 21.6. The number of nitrogens with one attached hydrogen (secondary N) is 1. The van der Waals surface area contributed by atoms with Crippen LogP contribution in [0, 0.1) is 4.77 Å². The number of nitrogens with zero attached hydrogens (tertiary/aromatic N) is 1. The summed E-state index contributed by atoms with van der Waals surface area (Å²) in [7, 11) is 0. The van der Waals surface area contributed by atoms with Crippen molar-refractivity contribution in [1.82, 2.24) is 9.55 Å². The highest BCUT2D eigenvalue weighted by atomic mass is 35.5. The smallest absolute Gasteiger partial charge is 0.178 e. The molecule has 0 radical (unpaired) electrons. The number of aromatic nitrogens is 2. The molecule has 2 unspecified atom stereocenters. The fourth-order valence-corrected chi connectivity index (χ4v) is 3.31. The van der Waals surface area contributed by atoms with Crippen molar-refractivity contribution in [2.45, 2.75) is 31.9 Å². The van der Waals surface area contributed by atoms with E-state index in [0.29, 0.717) is 4.77 Å². The van der Waals surface area contributed by atoms with Gasteiger partial charge in [-0.2, -0.15) is 0 Å². The molecule has 1 N–H and O–H groups in total. The third kappa shape index (κ3) is 1.88. The van der Waals surface area contributed by atoms with E-state index in [-0.39, 0.29) is 12.1 Å². The zero-order chi connectivity index (χ0) is 12.7. The Morgan fingerprint density at radius 3 is 3.11 bits per heavy atom. The Hall–Kier alpha value is -0.840. The second kappa shape index (κ2) is 4.68. The Balaban J connectivity index is 2.15. The Morgan fingerprint density at radius 2 is 2.39 bits per heavy atom. The van der Waals surface area contributed by atoms with Crippen molar-refractivity contribution >= 4 is 34.9 Å². The third-order valence-electron chi connectivity index (χ3n) is 3.60. The zero-order valence-electron chi connectivity index (χ0n) is 10.1. The summed E-state index contributed by atoms with van der Waals surface area (Å²) < 4.78 is 8.55. The first-order valence-electron chi connectivity index (χ1n) is 6.19. The molecule has 0 saturated carbocycles. The molecule has 0 aliphatic carbocycles. The maximum atomic E-state index is 6.30. The number of H-pyrrole nitrogens is 1. The van der Waals surface area contributed by atoms with Gasteiger partial charge in [-0.05, 0) is 44.1 Å². The Morgan fingerprint density at radius 1 is 1.56 bits per heavy atom. The van der Waals surface area contributed by atoms with Crippen LogP contribution in [-0.4, -0.2) is 22.3 Å². The lowest BCUT2D eigenvalue weighted by Crippen LogP contribution is -2.21. The zero-order valence-corrected chi connectivity index (χ0v) is 11.7. The molecule has 1 aliphatic rings. The number of hydrogen-bond acceptors (Lipinski definition) is 2. The van der Waals surface area contributed by atoms with Crippen LogP contribution >= 0.6 is 23.8 Å². The Bertz CT molecular complexity index is 627. The van der Waals surface area contributed by atoms with E-state index in [2.05, 4.69) is 16.5 Å². The van der Waals surface area contributed by atoms with E-state index < -0.39 is 0 Å². The van der Waals surface area contributed by atoms with Gasteiger partial charge in [0.05, 0.1) is 28.2 Å². The van der Waals surface area contributed by atoms with Crippen molar-refractivity contribution in [3.63, 3.8) is 0 Å². The molecule has 2 heterocycles. The fraction of sp³-hybridized carbons (Fsp3) is 0.462. The van der Waals surface area contributed by atoms with E-state index in [9.17, 15) is 0 Å². The number of rotatable bonds is 2. The van der Waals surface area contributed by atoms with Crippen molar-refractivity contribution in [3.05, 3.63) is 28.0 Å². The third-order valence-corrected chi connectivity index (χ3v) is 4.20. The van der Waals surface area contributed by atoms with Gasteiger partial charge in [-0.1, -0.05) is 17.7 Å². The van der Waals surface area contributed by atoms with E-state index in [4.69, 9.17) is 28.6 Å². The minimum absolute atomic E-state index is 0.202. The van der Waals surface area contributed by atoms with Crippen LogP contribution in [0.15, 0.2) is 18.2 Å². The molecule has 1 aromatic heterocycles. The number of ether oxygens (including phenoxy) is 1. The molecule has 1 fully saturated rings. The molecule has 3 nitrogen and oxygen atoms in total. The standard InChI is InChI=1S/C13H15ClN2OS/c1-8(11-6-3-7-17-11)16-12-9(14)4-2-5-10(12)15-13(16)18/h2,4-5,8,11H,3,6-7H2,1H3,(H,15,18). The van der Waals surface area contributed by atoms with E-state index >= 15 is 0 Å². The summed E-state index contributed by atoms with van der Waals surface area (Å²) in [4.78, 5) is 3.21. The van der Waals surface area contributed by atoms with Gasteiger partial charge in [-0.15, -0.1) is 0 Å². The SMILES string of the molecule is CC(C1CCCO1)n1c(=S)[nH]c2cccc(Cl)c21. The average Bonchev–Trinajstić information content (AvgIpc) is 2.95. The summed E-state index contributed by atoms with van der Waals surface area (Å²) in [5.74, 6) is 0. The molecular weight excluding hydrogens is 268 g/mol. The highest BCUT2D eigenvalue weighted by Crippen LogP contribution is 2.31. The van der Waals surface area contributed by atoms with E-state index in [1.54, 1.807) is 0 Å². The molecule has 18 heavy (non-hydrogen) atoms. The van der Waals surface area contributed by atoms with Gasteiger partial charge in [0.15, 0.2) is 4.77 Å². The summed E-state index contributed by atoms with van der Waals surface area (Å²) in [5.41, 5.74) is 1.96. The molecule has 1 aromatic carbocycles. The summed E-state index contributed by atoms with van der Waals surface area (Å²) in [5, 5.41) is 0.727. The number of para-hydroxylation sites is 1.